The molecule has 0 aromatic heterocycles. The van der Waals surface area contributed by atoms with Gasteiger partial charge in [-0.05, 0) is 36.2 Å². The summed E-state index contributed by atoms with van der Waals surface area (Å²) in [5, 5.41) is 5.48. The van der Waals surface area contributed by atoms with Crippen LogP contribution in [0.1, 0.15) is 18.9 Å². The van der Waals surface area contributed by atoms with Crippen molar-refractivity contribution in [2.24, 2.45) is 5.73 Å². The van der Waals surface area contributed by atoms with Crippen molar-refractivity contribution in [2.45, 2.75) is 19.8 Å². The van der Waals surface area contributed by atoms with Crippen LogP contribution in [0.25, 0.3) is 0 Å². The molecule has 0 aliphatic rings. The van der Waals surface area contributed by atoms with Gasteiger partial charge in [-0.15, -0.1) is 0 Å². The third kappa shape index (κ3) is 5.93. The summed E-state index contributed by atoms with van der Waals surface area (Å²) < 4.78 is 5.53. The van der Waals surface area contributed by atoms with E-state index in [4.69, 9.17) is 10.5 Å². The molecule has 132 valence electrons. The van der Waals surface area contributed by atoms with E-state index in [0.29, 0.717) is 17.1 Å². The zero-order valence-electron chi connectivity index (χ0n) is 14.2. The van der Waals surface area contributed by atoms with E-state index in [1.54, 1.807) is 24.3 Å². The number of rotatable bonds is 8. The van der Waals surface area contributed by atoms with E-state index in [-0.39, 0.29) is 31.4 Å². The molecule has 0 fully saturated rings. The van der Waals surface area contributed by atoms with Crippen molar-refractivity contribution >= 4 is 23.2 Å². The molecule has 0 radical (unpaired) electrons. The predicted octanol–water partition coefficient (Wildman–Crippen LogP) is 2.55. The summed E-state index contributed by atoms with van der Waals surface area (Å²) in [7, 11) is 0. The maximum Gasteiger partial charge on any atom is 0.262 e. The highest BCUT2D eigenvalue weighted by Crippen LogP contribution is 2.21. The number of nitrogens with two attached hydrogens (primary N) is 1. The summed E-state index contributed by atoms with van der Waals surface area (Å²) in [5.41, 5.74) is 7.56. The molecule has 6 heteroatoms. The average molecular weight is 341 g/mol. The topological polar surface area (TPSA) is 93.5 Å². The Hall–Kier alpha value is -2.86. The second kappa shape index (κ2) is 9.44. The summed E-state index contributed by atoms with van der Waals surface area (Å²) >= 11 is 0. The molecule has 0 aliphatic carbocycles. The van der Waals surface area contributed by atoms with Crippen LogP contribution in [-0.2, 0) is 16.0 Å². The Labute approximate surface area is 147 Å². The monoisotopic (exact) mass is 341 g/mol. The van der Waals surface area contributed by atoms with Gasteiger partial charge in [0.1, 0.15) is 5.75 Å². The van der Waals surface area contributed by atoms with Gasteiger partial charge in [0.15, 0.2) is 6.61 Å². The lowest BCUT2D eigenvalue weighted by Crippen LogP contribution is -2.22. The molecule has 2 rings (SSSR count). The van der Waals surface area contributed by atoms with Gasteiger partial charge < -0.3 is 21.1 Å². The predicted molar refractivity (Wildman–Crippen MR) is 98.7 cm³/mol. The number of benzene rings is 2. The van der Waals surface area contributed by atoms with Gasteiger partial charge in [-0.1, -0.05) is 31.2 Å². The van der Waals surface area contributed by atoms with Gasteiger partial charge in [0.05, 0.1) is 11.4 Å². The Balaban J connectivity index is 1.94. The number of amides is 2. The SMILES string of the molecule is CCc1cccc(OCC(=O)Nc2ccccc2NC(=O)CCN)c1. The highest BCUT2D eigenvalue weighted by molar-refractivity contribution is 5.99. The molecule has 0 heterocycles. The molecule has 2 amide bonds. The van der Waals surface area contributed by atoms with Crippen LogP contribution in [0.5, 0.6) is 5.75 Å². The van der Waals surface area contributed by atoms with Crippen LogP contribution in [0.3, 0.4) is 0 Å². The number of aryl methyl sites for hydroxylation is 1. The largest absolute Gasteiger partial charge is 0.484 e. The third-order valence-electron chi connectivity index (χ3n) is 3.52. The quantitative estimate of drug-likeness (QED) is 0.688. The van der Waals surface area contributed by atoms with Crippen LogP contribution in [0, 0.1) is 0 Å². The number of para-hydroxylation sites is 2. The van der Waals surface area contributed by atoms with E-state index in [9.17, 15) is 9.59 Å². The van der Waals surface area contributed by atoms with Crippen LogP contribution in [0.15, 0.2) is 48.5 Å². The average Bonchev–Trinajstić information content (AvgIpc) is 2.62. The minimum absolute atomic E-state index is 0.113. The maximum absolute atomic E-state index is 12.1. The molecule has 0 bridgehead atoms. The second-order valence-electron chi connectivity index (χ2n) is 5.47. The number of nitrogens with one attached hydrogen (secondary N) is 2. The fourth-order valence-electron chi connectivity index (χ4n) is 2.24. The highest BCUT2D eigenvalue weighted by Gasteiger charge is 2.09. The van der Waals surface area contributed by atoms with Crippen molar-refractivity contribution in [1.29, 1.82) is 0 Å². The van der Waals surface area contributed by atoms with Gasteiger partial charge in [-0.3, -0.25) is 9.59 Å². The molecule has 0 spiro atoms. The number of hydrogen-bond donors (Lipinski definition) is 3. The number of ether oxygens (including phenoxy) is 1. The summed E-state index contributed by atoms with van der Waals surface area (Å²) in [6.45, 7) is 2.21. The van der Waals surface area contributed by atoms with E-state index < -0.39 is 0 Å². The van der Waals surface area contributed by atoms with Gasteiger partial charge in [-0.25, -0.2) is 0 Å². The van der Waals surface area contributed by atoms with E-state index in [2.05, 4.69) is 17.6 Å². The smallest absolute Gasteiger partial charge is 0.262 e. The van der Waals surface area contributed by atoms with E-state index in [0.717, 1.165) is 12.0 Å². The van der Waals surface area contributed by atoms with E-state index >= 15 is 0 Å². The Bertz CT molecular complexity index is 731. The van der Waals surface area contributed by atoms with Crippen molar-refractivity contribution < 1.29 is 14.3 Å². The van der Waals surface area contributed by atoms with Gasteiger partial charge >= 0.3 is 0 Å². The summed E-state index contributed by atoms with van der Waals surface area (Å²) in [4.78, 5) is 23.8. The summed E-state index contributed by atoms with van der Waals surface area (Å²) in [6, 6.07) is 14.6. The lowest BCUT2D eigenvalue weighted by Gasteiger charge is -2.12. The van der Waals surface area contributed by atoms with Gasteiger partial charge in [0.25, 0.3) is 5.91 Å². The van der Waals surface area contributed by atoms with Crippen LogP contribution in [-0.4, -0.2) is 25.0 Å². The Kier molecular flexibility index (Phi) is 6.98. The van der Waals surface area contributed by atoms with Crippen LogP contribution < -0.4 is 21.1 Å². The van der Waals surface area contributed by atoms with E-state index in [1.807, 2.05) is 24.3 Å². The molecular formula is C19H23N3O3. The van der Waals surface area contributed by atoms with Crippen LogP contribution >= 0.6 is 0 Å². The zero-order chi connectivity index (χ0) is 18.1. The molecular weight excluding hydrogens is 318 g/mol. The molecule has 0 atom stereocenters. The van der Waals surface area contributed by atoms with Gasteiger partial charge in [0, 0.05) is 13.0 Å². The minimum atomic E-state index is -0.303. The molecule has 0 aliphatic heterocycles. The molecule has 2 aromatic rings. The Morgan fingerprint density at radius 3 is 2.32 bits per heavy atom. The number of anilines is 2. The van der Waals surface area contributed by atoms with Gasteiger partial charge in [0.2, 0.25) is 5.91 Å². The first-order chi connectivity index (χ1) is 12.1. The third-order valence-corrected chi connectivity index (χ3v) is 3.52. The normalized spacial score (nSPS) is 10.2. The van der Waals surface area contributed by atoms with Crippen LogP contribution in [0.2, 0.25) is 0 Å². The van der Waals surface area contributed by atoms with Crippen molar-refractivity contribution in [2.75, 3.05) is 23.8 Å². The fourth-order valence-corrected chi connectivity index (χ4v) is 2.24. The number of carbonyl (C=O) groups is 2. The first kappa shape index (κ1) is 18.5. The second-order valence-corrected chi connectivity index (χ2v) is 5.47. The molecule has 6 nitrogen and oxygen atoms in total. The van der Waals surface area contributed by atoms with Crippen molar-refractivity contribution in [1.82, 2.24) is 0 Å². The zero-order valence-corrected chi connectivity index (χ0v) is 14.2. The van der Waals surface area contributed by atoms with Gasteiger partial charge in [-0.2, -0.15) is 0 Å². The lowest BCUT2D eigenvalue weighted by atomic mass is 10.2. The Morgan fingerprint density at radius 2 is 1.68 bits per heavy atom. The Morgan fingerprint density at radius 1 is 1.00 bits per heavy atom. The van der Waals surface area contributed by atoms with Crippen molar-refractivity contribution in [3.05, 3.63) is 54.1 Å². The number of carbonyl (C=O) groups excluding carboxylic acids is 2. The molecule has 25 heavy (non-hydrogen) atoms. The maximum atomic E-state index is 12.1. The molecule has 0 unspecified atom stereocenters. The first-order valence-electron chi connectivity index (χ1n) is 8.23. The van der Waals surface area contributed by atoms with Crippen molar-refractivity contribution in [3.8, 4) is 5.75 Å². The molecule has 0 saturated heterocycles. The lowest BCUT2D eigenvalue weighted by molar-refractivity contribution is -0.118. The number of hydrogen-bond acceptors (Lipinski definition) is 4. The van der Waals surface area contributed by atoms with Crippen LogP contribution in [0.4, 0.5) is 11.4 Å². The van der Waals surface area contributed by atoms with Crippen molar-refractivity contribution in [3.63, 3.8) is 0 Å². The summed E-state index contributed by atoms with van der Waals surface area (Å²) in [5.74, 6) is 0.151. The van der Waals surface area contributed by atoms with E-state index in [1.165, 1.54) is 0 Å². The standard InChI is InChI=1S/C19H23N3O3/c1-2-14-6-5-7-15(12-14)25-13-19(24)22-17-9-4-3-8-16(17)21-18(23)10-11-20/h3-9,12H,2,10-11,13,20H2,1H3,(H,21,23)(H,22,24). The molecule has 2 aromatic carbocycles. The fraction of sp³-hybridized carbons (Fsp3) is 0.263. The first-order valence-corrected chi connectivity index (χ1v) is 8.23. The molecule has 4 N–H and O–H groups in total. The molecule has 0 saturated carbocycles. The highest BCUT2D eigenvalue weighted by atomic mass is 16.5. The minimum Gasteiger partial charge on any atom is -0.484 e. The summed E-state index contributed by atoms with van der Waals surface area (Å²) in [6.07, 6.45) is 1.12.